The molecule has 3 heteroatoms. The number of rotatable bonds is 6. The SMILES string of the molecule is CCCCC[C@H](c1ccc(I)cc1)N1CCNCC1. The number of nitrogens with one attached hydrogen (secondary N) is 1. The maximum absolute atomic E-state index is 3.45. The summed E-state index contributed by atoms with van der Waals surface area (Å²) in [6, 6.07) is 9.74. The first kappa shape index (κ1) is 15.3. The van der Waals surface area contributed by atoms with Gasteiger partial charge >= 0.3 is 0 Å². The van der Waals surface area contributed by atoms with Crippen LogP contribution in [0.3, 0.4) is 0 Å². The third-order valence-electron chi connectivity index (χ3n) is 3.93. The van der Waals surface area contributed by atoms with E-state index < -0.39 is 0 Å². The molecule has 0 aliphatic carbocycles. The standard InChI is InChI=1S/C16H25IN2/c1-2-3-4-5-16(19-12-10-18-11-13-19)14-6-8-15(17)9-7-14/h6-9,16,18H,2-5,10-13H2,1H3/t16-/m1/s1. The van der Waals surface area contributed by atoms with Crippen molar-refractivity contribution >= 4 is 22.6 Å². The van der Waals surface area contributed by atoms with Gasteiger partial charge in [0.15, 0.2) is 0 Å². The lowest BCUT2D eigenvalue weighted by atomic mass is 9.98. The van der Waals surface area contributed by atoms with Crippen molar-refractivity contribution in [2.24, 2.45) is 0 Å². The molecule has 0 saturated carbocycles. The number of piperazine rings is 1. The molecule has 1 saturated heterocycles. The molecule has 1 atom stereocenters. The Hall–Kier alpha value is -0.130. The van der Waals surface area contributed by atoms with Crippen LogP contribution in [0.2, 0.25) is 0 Å². The number of nitrogens with zero attached hydrogens (tertiary/aromatic N) is 1. The molecular formula is C16H25IN2. The summed E-state index contributed by atoms with van der Waals surface area (Å²) in [6.45, 7) is 6.92. The third kappa shape index (κ3) is 4.72. The Balaban J connectivity index is 2.05. The van der Waals surface area contributed by atoms with E-state index in [0.29, 0.717) is 6.04 Å². The van der Waals surface area contributed by atoms with Gasteiger partial charge in [-0.1, -0.05) is 38.3 Å². The summed E-state index contributed by atoms with van der Waals surface area (Å²) in [5.74, 6) is 0. The maximum atomic E-state index is 3.45. The van der Waals surface area contributed by atoms with Crippen molar-refractivity contribution in [2.45, 2.75) is 38.6 Å². The highest BCUT2D eigenvalue weighted by Gasteiger charge is 2.21. The van der Waals surface area contributed by atoms with Crippen LogP contribution in [-0.2, 0) is 0 Å². The van der Waals surface area contributed by atoms with Gasteiger partial charge in [-0.2, -0.15) is 0 Å². The summed E-state index contributed by atoms with van der Waals surface area (Å²) >= 11 is 2.39. The highest BCUT2D eigenvalue weighted by atomic mass is 127. The van der Waals surface area contributed by atoms with Crippen molar-refractivity contribution in [3.8, 4) is 0 Å². The summed E-state index contributed by atoms with van der Waals surface area (Å²) in [7, 11) is 0. The van der Waals surface area contributed by atoms with Crippen LogP contribution in [0.15, 0.2) is 24.3 Å². The molecule has 1 fully saturated rings. The minimum absolute atomic E-state index is 0.616. The minimum Gasteiger partial charge on any atom is -0.314 e. The molecule has 2 nitrogen and oxygen atoms in total. The molecule has 0 unspecified atom stereocenters. The minimum atomic E-state index is 0.616. The Morgan fingerprint density at radius 1 is 1.16 bits per heavy atom. The van der Waals surface area contributed by atoms with Gasteiger partial charge in [0.25, 0.3) is 0 Å². The molecule has 1 N–H and O–H groups in total. The van der Waals surface area contributed by atoms with Crippen LogP contribution in [0.5, 0.6) is 0 Å². The van der Waals surface area contributed by atoms with E-state index in [-0.39, 0.29) is 0 Å². The Morgan fingerprint density at radius 3 is 2.47 bits per heavy atom. The third-order valence-corrected chi connectivity index (χ3v) is 4.65. The van der Waals surface area contributed by atoms with Crippen molar-refractivity contribution in [3.05, 3.63) is 33.4 Å². The molecule has 0 spiro atoms. The molecule has 1 aliphatic heterocycles. The lowest BCUT2D eigenvalue weighted by Gasteiger charge is -2.35. The second kappa shape index (κ2) is 8.22. The molecule has 1 heterocycles. The molecule has 1 aromatic carbocycles. The second-order valence-corrected chi connectivity index (χ2v) is 6.59. The van der Waals surface area contributed by atoms with Crippen LogP contribution in [-0.4, -0.2) is 31.1 Å². The van der Waals surface area contributed by atoms with E-state index >= 15 is 0 Å². The van der Waals surface area contributed by atoms with Crippen LogP contribution in [0.4, 0.5) is 0 Å². The zero-order valence-corrected chi connectivity index (χ0v) is 14.0. The van der Waals surface area contributed by atoms with E-state index in [9.17, 15) is 0 Å². The van der Waals surface area contributed by atoms with Crippen LogP contribution in [0.1, 0.15) is 44.2 Å². The number of unbranched alkanes of at least 4 members (excludes halogenated alkanes) is 2. The number of benzene rings is 1. The van der Waals surface area contributed by atoms with Crippen LogP contribution in [0.25, 0.3) is 0 Å². The molecule has 106 valence electrons. The fraction of sp³-hybridized carbons (Fsp3) is 0.625. The normalized spacial score (nSPS) is 18.4. The van der Waals surface area contributed by atoms with E-state index in [1.54, 1.807) is 0 Å². The Morgan fingerprint density at radius 2 is 1.84 bits per heavy atom. The van der Waals surface area contributed by atoms with Crippen molar-refractivity contribution in [1.29, 1.82) is 0 Å². The van der Waals surface area contributed by atoms with Gasteiger partial charge in [0.2, 0.25) is 0 Å². The average Bonchev–Trinajstić information content (AvgIpc) is 2.46. The van der Waals surface area contributed by atoms with E-state index in [0.717, 1.165) is 13.1 Å². The van der Waals surface area contributed by atoms with Crippen molar-refractivity contribution < 1.29 is 0 Å². The second-order valence-electron chi connectivity index (χ2n) is 5.35. The number of hydrogen-bond acceptors (Lipinski definition) is 2. The molecule has 19 heavy (non-hydrogen) atoms. The van der Waals surface area contributed by atoms with Gasteiger partial charge in [-0.25, -0.2) is 0 Å². The van der Waals surface area contributed by atoms with Gasteiger partial charge in [0.05, 0.1) is 0 Å². The van der Waals surface area contributed by atoms with Crippen molar-refractivity contribution in [2.75, 3.05) is 26.2 Å². The Labute approximate surface area is 131 Å². The highest BCUT2D eigenvalue weighted by Crippen LogP contribution is 2.27. The van der Waals surface area contributed by atoms with Gasteiger partial charge < -0.3 is 5.32 Å². The largest absolute Gasteiger partial charge is 0.314 e. The summed E-state index contributed by atoms with van der Waals surface area (Å²) < 4.78 is 1.33. The van der Waals surface area contributed by atoms with Crippen LogP contribution in [0, 0.1) is 3.57 Å². The van der Waals surface area contributed by atoms with E-state index in [1.807, 2.05) is 0 Å². The summed E-state index contributed by atoms with van der Waals surface area (Å²) in [5.41, 5.74) is 1.50. The lowest BCUT2D eigenvalue weighted by molar-refractivity contribution is 0.162. The smallest absolute Gasteiger partial charge is 0.0349 e. The van der Waals surface area contributed by atoms with Gasteiger partial charge in [0, 0.05) is 35.8 Å². The molecule has 1 aromatic rings. The number of hydrogen-bond donors (Lipinski definition) is 1. The molecule has 0 amide bonds. The summed E-state index contributed by atoms with van der Waals surface area (Å²) in [4.78, 5) is 2.66. The van der Waals surface area contributed by atoms with E-state index in [2.05, 4.69) is 64.0 Å². The lowest BCUT2D eigenvalue weighted by Crippen LogP contribution is -2.45. The van der Waals surface area contributed by atoms with Gasteiger partial charge in [-0.05, 0) is 46.7 Å². The molecule has 0 bridgehead atoms. The number of halogens is 1. The first-order chi connectivity index (χ1) is 9.31. The van der Waals surface area contributed by atoms with E-state index in [1.165, 1.54) is 47.9 Å². The van der Waals surface area contributed by atoms with Crippen molar-refractivity contribution in [3.63, 3.8) is 0 Å². The highest BCUT2D eigenvalue weighted by molar-refractivity contribution is 14.1. The molecule has 2 rings (SSSR count). The maximum Gasteiger partial charge on any atom is 0.0349 e. The molecular weight excluding hydrogens is 347 g/mol. The zero-order chi connectivity index (χ0) is 13.5. The first-order valence-corrected chi connectivity index (χ1v) is 8.59. The monoisotopic (exact) mass is 372 g/mol. The fourth-order valence-electron chi connectivity index (χ4n) is 2.83. The summed E-state index contributed by atoms with van der Waals surface area (Å²) in [6.07, 6.45) is 5.30. The molecule has 0 radical (unpaired) electrons. The summed E-state index contributed by atoms with van der Waals surface area (Å²) in [5, 5.41) is 3.45. The zero-order valence-electron chi connectivity index (χ0n) is 11.9. The Kier molecular flexibility index (Phi) is 6.61. The topological polar surface area (TPSA) is 15.3 Å². The molecule has 0 aromatic heterocycles. The van der Waals surface area contributed by atoms with Gasteiger partial charge in [-0.3, -0.25) is 4.90 Å². The van der Waals surface area contributed by atoms with Crippen LogP contribution < -0.4 is 5.32 Å². The quantitative estimate of drug-likeness (QED) is 0.603. The first-order valence-electron chi connectivity index (χ1n) is 7.51. The predicted molar refractivity (Wildman–Crippen MR) is 90.5 cm³/mol. The van der Waals surface area contributed by atoms with Gasteiger partial charge in [-0.15, -0.1) is 0 Å². The van der Waals surface area contributed by atoms with Crippen LogP contribution >= 0.6 is 22.6 Å². The fourth-order valence-corrected chi connectivity index (χ4v) is 3.19. The average molecular weight is 372 g/mol. The van der Waals surface area contributed by atoms with E-state index in [4.69, 9.17) is 0 Å². The molecule has 1 aliphatic rings. The van der Waals surface area contributed by atoms with Crippen molar-refractivity contribution in [1.82, 2.24) is 10.2 Å². The van der Waals surface area contributed by atoms with Gasteiger partial charge in [0.1, 0.15) is 0 Å². The predicted octanol–water partition coefficient (Wildman–Crippen LogP) is 3.82. The Bertz CT molecular complexity index is 358.